The topological polar surface area (TPSA) is 114 Å². The van der Waals surface area contributed by atoms with Gasteiger partial charge in [0.2, 0.25) is 15.8 Å². The normalized spacial score (nSPS) is 16.3. The third-order valence-electron chi connectivity index (χ3n) is 4.49. The molecular formula is C17H19N3O6S. The van der Waals surface area contributed by atoms with E-state index in [1.807, 2.05) is 4.90 Å². The van der Waals surface area contributed by atoms with Gasteiger partial charge in [-0.15, -0.1) is 0 Å². The number of carbonyl (C=O) groups excluding carboxylic acids is 1. The number of sulfonamides is 1. The molecule has 0 N–H and O–H groups in total. The Morgan fingerprint density at radius 3 is 2.52 bits per heavy atom. The number of furan rings is 1. The van der Waals surface area contributed by atoms with Gasteiger partial charge in [-0.3, -0.25) is 19.8 Å². The maximum Gasteiger partial charge on any atom is 0.270 e. The number of carbonyl (C=O) groups is 1. The first-order valence-corrected chi connectivity index (χ1v) is 9.77. The van der Waals surface area contributed by atoms with Crippen LogP contribution < -0.4 is 0 Å². The lowest BCUT2D eigenvalue weighted by atomic mass is 10.2. The van der Waals surface area contributed by atoms with Crippen molar-refractivity contribution in [2.24, 2.45) is 0 Å². The molecule has 2 heterocycles. The fourth-order valence-electron chi connectivity index (χ4n) is 2.97. The number of Topliss-reactive ketones (excluding diaryl/α,β-unsaturated/α-hetero) is 1. The number of piperazine rings is 1. The Labute approximate surface area is 156 Å². The predicted octanol–water partition coefficient (Wildman–Crippen LogP) is 1.69. The largest absolute Gasteiger partial charge is 0.461 e. The Morgan fingerprint density at radius 2 is 1.93 bits per heavy atom. The van der Waals surface area contributed by atoms with Crippen LogP contribution in [0.15, 0.2) is 45.9 Å². The second kappa shape index (κ2) is 7.59. The summed E-state index contributed by atoms with van der Waals surface area (Å²) in [6.45, 7) is 2.94. The highest BCUT2D eigenvalue weighted by atomic mass is 32.2. The average Bonchev–Trinajstić information content (AvgIpc) is 3.17. The number of nitro benzene ring substituents is 1. The first kappa shape index (κ1) is 19.2. The molecule has 2 aromatic rings. The van der Waals surface area contributed by atoms with Gasteiger partial charge in [0.15, 0.2) is 5.76 Å². The van der Waals surface area contributed by atoms with Crippen LogP contribution in [-0.2, 0) is 10.0 Å². The lowest BCUT2D eigenvalue weighted by Gasteiger charge is -2.33. The number of benzene rings is 1. The van der Waals surface area contributed by atoms with Crippen LogP contribution in [0.4, 0.5) is 5.69 Å². The van der Waals surface area contributed by atoms with Crippen molar-refractivity contribution in [2.45, 2.75) is 11.8 Å². The van der Waals surface area contributed by atoms with Gasteiger partial charge in [-0.1, -0.05) is 6.07 Å². The van der Waals surface area contributed by atoms with E-state index in [4.69, 9.17) is 4.42 Å². The van der Waals surface area contributed by atoms with E-state index in [1.54, 1.807) is 19.1 Å². The maximum absolute atomic E-state index is 12.9. The summed E-state index contributed by atoms with van der Waals surface area (Å²) >= 11 is 0. The van der Waals surface area contributed by atoms with Gasteiger partial charge in [0.05, 0.1) is 22.6 Å². The van der Waals surface area contributed by atoms with E-state index in [9.17, 15) is 23.3 Å². The number of nitrogens with zero attached hydrogens (tertiary/aromatic N) is 3. The Balaban J connectivity index is 1.69. The predicted molar refractivity (Wildman–Crippen MR) is 96.1 cm³/mol. The first-order chi connectivity index (χ1) is 12.8. The minimum atomic E-state index is -3.85. The van der Waals surface area contributed by atoms with Gasteiger partial charge < -0.3 is 4.42 Å². The molecule has 1 aliphatic heterocycles. The van der Waals surface area contributed by atoms with Gasteiger partial charge in [-0.25, -0.2) is 8.42 Å². The van der Waals surface area contributed by atoms with Crippen LogP contribution in [0.1, 0.15) is 16.1 Å². The quantitative estimate of drug-likeness (QED) is 0.417. The summed E-state index contributed by atoms with van der Waals surface area (Å²) in [4.78, 5) is 24.2. The van der Waals surface area contributed by atoms with E-state index in [0.717, 1.165) is 6.07 Å². The molecular weight excluding hydrogens is 374 g/mol. The summed E-state index contributed by atoms with van der Waals surface area (Å²) in [5, 5.41) is 11.0. The molecule has 27 heavy (non-hydrogen) atoms. The highest BCUT2D eigenvalue weighted by Crippen LogP contribution is 2.25. The summed E-state index contributed by atoms with van der Waals surface area (Å²) in [7, 11) is -3.85. The second-order valence-electron chi connectivity index (χ2n) is 6.29. The zero-order chi connectivity index (χ0) is 19.6. The van der Waals surface area contributed by atoms with Gasteiger partial charge in [0.25, 0.3) is 5.69 Å². The van der Waals surface area contributed by atoms with Crippen LogP contribution in [0.25, 0.3) is 0 Å². The maximum atomic E-state index is 12.9. The van der Waals surface area contributed by atoms with Crippen LogP contribution in [0.2, 0.25) is 0 Å². The zero-order valence-corrected chi connectivity index (χ0v) is 15.5. The summed E-state index contributed by atoms with van der Waals surface area (Å²) < 4.78 is 32.2. The molecule has 9 nitrogen and oxygen atoms in total. The number of ketones is 1. The fourth-order valence-corrected chi connectivity index (χ4v) is 4.63. The van der Waals surface area contributed by atoms with Crippen LogP contribution >= 0.6 is 0 Å². The molecule has 3 rings (SSSR count). The van der Waals surface area contributed by atoms with Crippen molar-refractivity contribution in [2.75, 3.05) is 32.7 Å². The van der Waals surface area contributed by atoms with Gasteiger partial charge in [-0.05, 0) is 24.6 Å². The van der Waals surface area contributed by atoms with Gasteiger partial charge in [0.1, 0.15) is 0 Å². The summed E-state index contributed by atoms with van der Waals surface area (Å²) in [6, 6.07) is 7.04. The molecule has 0 saturated carbocycles. The van der Waals surface area contributed by atoms with Crippen molar-refractivity contribution >= 4 is 21.5 Å². The lowest BCUT2D eigenvalue weighted by Crippen LogP contribution is -2.49. The van der Waals surface area contributed by atoms with Crippen molar-refractivity contribution in [3.8, 4) is 0 Å². The van der Waals surface area contributed by atoms with E-state index < -0.39 is 14.9 Å². The highest BCUT2D eigenvalue weighted by Gasteiger charge is 2.31. The molecule has 1 aromatic heterocycles. The fraction of sp³-hybridized carbons (Fsp3) is 0.353. The molecule has 144 valence electrons. The molecule has 1 saturated heterocycles. The molecule has 0 amide bonds. The standard InChI is InChI=1S/C17H19N3O6S/c1-13-4-5-14(20(22)23)11-17(13)27(24,25)19-8-6-18(7-9-19)12-15(21)16-3-2-10-26-16/h2-5,10-11H,6-9,12H2,1H3. The Kier molecular flexibility index (Phi) is 5.40. The lowest BCUT2D eigenvalue weighted by molar-refractivity contribution is -0.385. The third kappa shape index (κ3) is 4.07. The molecule has 0 radical (unpaired) electrons. The van der Waals surface area contributed by atoms with E-state index in [1.165, 1.54) is 22.7 Å². The Morgan fingerprint density at radius 1 is 1.22 bits per heavy atom. The smallest absolute Gasteiger partial charge is 0.270 e. The molecule has 0 aliphatic carbocycles. The molecule has 0 atom stereocenters. The van der Waals surface area contributed by atoms with E-state index in [-0.39, 0.29) is 41.8 Å². The highest BCUT2D eigenvalue weighted by molar-refractivity contribution is 7.89. The number of hydrogen-bond donors (Lipinski definition) is 0. The summed E-state index contributed by atoms with van der Waals surface area (Å²) in [6.07, 6.45) is 1.43. The van der Waals surface area contributed by atoms with Gasteiger partial charge in [-0.2, -0.15) is 4.31 Å². The van der Waals surface area contributed by atoms with Crippen molar-refractivity contribution in [1.82, 2.24) is 9.21 Å². The Bertz CT molecular complexity index is 947. The van der Waals surface area contributed by atoms with Crippen molar-refractivity contribution in [3.05, 3.63) is 58.0 Å². The van der Waals surface area contributed by atoms with Crippen LogP contribution in [0.3, 0.4) is 0 Å². The molecule has 0 bridgehead atoms. The number of non-ortho nitro benzene ring substituents is 1. The number of rotatable bonds is 6. The van der Waals surface area contributed by atoms with Crippen LogP contribution in [0, 0.1) is 17.0 Å². The SMILES string of the molecule is Cc1ccc([N+](=O)[O-])cc1S(=O)(=O)N1CCN(CC(=O)c2ccco2)CC1. The second-order valence-corrected chi connectivity index (χ2v) is 8.19. The van der Waals surface area contributed by atoms with Gasteiger partial charge >= 0.3 is 0 Å². The monoisotopic (exact) mass is 393 g/mol. The van der Waals surface area contributed by atoms with Gasteiger partial charge in [0, 0.05) is 38.3 Å². The number of hydrogen-bond acceptors (Lipinski definition) is 7. The molecule has 1 fully saturated rings. The third-order valence-corrected chi connectivity index (χ3v) is 6.54. The number of nitro groups is 1. The van der Waals surface area contributed by atoms with Crippen molar-refractivity contribution in [3.63, 3.8) is 0 Å². The Hall–Kier alpha value is -2.56. The molecule has 1 aliphatic rings. The molecule has 0 unspecified atom stereocenters. The molecule has 0 spiro atoms. The summed E-state index contributed by atoms with van der Waals surface area (Å²) in [5.41, 5.74) is 0.192. The zero-order valence-electron chi connectivity index (χ0n) is 14.7. The number of aryl methyl sites for hydroxylation is 1. The average molecular weight is 393 g/mol. The summed E-state index contributed by atoms with van der Waals surface area (Å²) in [5.74, 6) is 0.114. The first-order valence-electron chi connectivity index (χ1n) is 8.33. The van der Waals surface area contributed by atoms with Crippen molar-refractivity contribution in [1.29, 1.82) is 0 Å². The minimum Gasteiger partial charge on any atom is -0.461 e. The van der Waals surface area contributed by atoms with Crippen molar-refractivity contribution < 1.29 is 22.6 Å². The van der Waals surface area contributed by atoms with E-state index in [0.29, 0.717) is 18.7 Å². The minimum absolute atomic E-state index is 0.0585. The van der Waals surface area contributed by atoms with E-state index in [2.05, 4.69) is 0 Å². The van der Waals surface area contributed by atoms with Crippen LogP contribution in [0.5, 0.6) is 0 Å². The molecule has 10 heteroatoms. The van der Waals surface area contributed by atoms with Crippen LogP contribution in [-0.4, -0.2) is 61.1 Å². The molecule has 1 aromatic carbocycles. The van der Waals surface area contributed by atoms with E-state index >= 15 is 0 Å².